The smallest absolute Gasteiger partial charge is 0.303 e. The lowest BCUT2D eigenvalue weighted by molar-refractivity contribution is -0.138. The maximum atomic E-state index is 12.2. The van der Waals surface area contributed by atoms with Gasteiger partial charge in [-0.3, -0.25) is 9.59 Å². The van der Waals surface area contributed by atoms with E-state index in [0.717, 1.165) is 0 Å². The summed E-state index contributed by atoms with van der Waals surface area (Å²) < 4.78 is 0.536. The zero-order valence-electron chi connectivity index (χ0n) is 10.2. The first-order valence-corrected chi connectivity index (χ1v) is 6.76. The second-order valence-corrected chi connectivity index (χ2v) is 5.52. The number of benzene rings is 1. The monoisotopic (exact) mass is 327 g/mol. The molecule has 2 rings (SSSR count). The number of aromatic hydroxyl groups is 1. The lowest BCUT2D eigenvalue weighted by atomic mass is 10.1. The van der Waals surface area contributed by atoms with Crippen molar-refractivity contribution in [2.24, 2.45) is 5.92 Å². The van der Waals surface area contributed by atoms with Crippen LogP contribution in [0, 0.1) is 5.92 Å². The second-order valence-electron chi connectivity index (χ2n) is 4.67. The molecule has 6 heteroatoms. The minimum atomic E-state index is -0.833. The molecule has 1 aromatic carbocycles. The zero-order valence-corrected chi connectivity index (χ0v) is 11.8. The van der Waals surface area contributed by atoms with Crippen LogP contribution in [0.3, 0.4) is 0 Å². The molecule has 0 aliphatic carbocycles. The van der Waals surface area contributed by atoms with Crippen molar-refractivity contribution in [3.05, 3.63) is 28.2 Å². The maximum absolute atomic E-state index is 12.2. The summed E-state index contributed by atoms with van der Waals surface area (Å²) in [6.07, 6.45) is 0.802. The third-order valence-electron chi connectivity index (χ3n) is 3.23. The molecule has 0 aromatic heterocycles. The number of carbonyl (C=O) groups is 2. The second kappa shape index (κ2) is 5.61. The van der Waals surface area contributed by atoms with Gasteiger partial charge in [0, 0.05) is 25.1 Å². The number of nitrogens with zero attached hydrogens (tertiary/aromatic N) is 1. The Labute approximate surface area is 119 Å². The van der Waals surface area contributed by atoms with Crippen LogP contribution in [0.5, 0.6) is 5.75 Å². The van der Waals surface area contributed by atoms with E-state index in [0.29, 0.717) is 29.5 Å². The van der Waals surface area contributed by atoms with E-state index in [9.17, 15) is 14.7 Å². The van der Waals surface area contributed by atoms with Gasteiger partial charge in [-0.25, -0.2) is 0 Å². The molecule has 1 heterocycles. The molecule has 1 aliphatic heterocycles. The fourth-order valence-corrected chi connectivity index (χ4v) is 2.51. The van der Waals surface area contributed by atoms with Gasteiger partial charge < -0.3 is 15.1 Å². The van der Waals surface area contributed by atoms with Crippen LogP contribution in [-0.2, 0) is 4.79 Å². The van der Waals surface area contributed by atoms with E-state index in [2.05, 4.69) is 15.9 Å². The predicted molar refractivity (Wildman–Crippen MR) is 72.1 cm³/mol. The molecule has 0 bridgehead atoms. The molecule has 1 aromatic rings. The fourth-order valence-electron chi connectivity index (χ4n) is 2.26. The van der Waals surface area contributed by atoms with Crippen LogP contribution in [0.25, 0.3) is 0 Å². The third-order valence-corrected chi connectivity index (χ3v) is 3.90. The fraction of sp³-hybridized carbons (Fsp3) is 0.385. The normalized spacial score (nSPS) is 18.6. The minimum absolute atomic E-state index is 0.0190. The van der Waals surface area contributed by atoms with E-state index >= 15 is 0 Å². The van der Waals surface area contributed by atoms with Crippen LogP contribution < -0.4 is 0 Å². The summed E-state index contributed by atoms with van der Waals surface area (Å²) in [7, 11) is 0. The average molecular weight is 328 g/mol. The Morgan fingerprint density at radius 3 is 2.79 bits per heavy atom. The van der Waals surface area contributed by atoms with Crippen molar-refractivity contribution in [2.45, 2.75) is 12.8 Å². The lowest BCUT2D eigenvalue weighted by Crippen LogP contribution is -2.28. The largest absolute Gasteiger partial charge is 0.507 e. The number of carboxylic acid groups (broad SMARTS) is 1. The quantitative estimate of drug-likeness (QED) is 0.891. The Balaban J connectivity index is 2.04. The molecule has 1 unspecified atom stereocenters. The number of halogens is 1. The first-order chi connectivity index (χ1) is 8.97. The van der Waals surface area contributed by atoms with Crippen LogP contribution >= 0.6 is 15.9 Å². The molecule has 19 heavy (non-hydrogen) atoms. The Morgan fingerprint density at radius 1 is 1.42 bits per heavy atom. The minimum Gasteiger partial charge on any atom is -0.507 e. The van der Waals surface area contributed by atoms with Crippen molar-refractivity contribution in [3.63, 3.8) is 0 Å². The average Bonchev–Trinajstić information content (AvgIpc) is 2.79. The highest BCUT2D eigenvalue weighted by atomic mass is 79.9. The van der Waals surface area contributed by atoms with Gasteiger partial charge in [0.1, 0.15) is 5.75 Å². The van der Waals surface area contributed by atoms with Crippen molar-refractivity contribution in [1.29, 1.82) is 0 Å². The predicted octanol–water partition coefficient (Wildman–Crippen LogP) is 2.09. The molecular weight excluding hydrogens is 314 g/mol. The van der Waals surface area contributed by atoms with Gasteiger partial charge in [-0.15, -0.1) is 0 Å². The first kappa shape index (κ1) is 13.9. The number of likely N-dealkylation sites (tertiary alicyclic amines) is 1. The molecule has 1 saturated heterocycles. The Morgan fingerprint density at radius 2 is 2.16 bits per heavy atom. The highest BCUT2D eigenvalue weighted by molar-refractivity contribution is 9.10. The molecule has 1 aliphatic rings. The van der Waals surface area contributed by atoms with Crippen molar-refractivity contribution in [2.75, 3.05) is 13.1 Å². The van der Waals surface area contributed by atoms with Crippen LogP contribution in [0.2, 0.25) is 0 Å². The summed E-state index contributed by atoms with van der Waals surface area (Å²) >= 11 is 3.16. The third kappa shape index (κ3) is 3.26. The van der Waals surface area contributed by atoms with Gasteiger partial charge in [-0.2, -0.15) is 0 Å². The van der Waals surface area contributed by atoms with Gasteiger partial charge in [-0.1, -0.05) is 0 Å². The van der Waals surface area contributed by atoms with E-state index in [1.54, 1.807) is 17.0 Å². The van der Waals surface area contributed by atoms with E-state index < -0.39 is 5.97 Å². The van der Waals surface area contributed by atoms with E-state index in [1.807, 2.05) is 0 Å². The van der Waals surface area contributed by atoms with Gasteiger partial charge >= 0.3 is 5.97 Å². The van der Waals surface area contributed by atoms with Crippen LogP contribution in [-0.4, -0.2) is 40.1 Å². The number of aliphatic carboxylic acids is 1. The topological polar surface area (TPSA) is 77.8 Å². The molecule has 0 radical (unpaired) electrons. The number of hydrogen-bond acceptors (Lipinski definition) is 3. The number of carboxylic acids is 1. The number of carbonyl (C=O) groups excluding carboxylic acids is 1. The van der Waals surface area contributed by atoms with Gasteiger partial charge in [0.25, 0.3) is 5.91 Å². The van der Waals surface area contributed by atoms with Gasteiger partial charge in [-0.05, 0) is 46.5 Å². The number of hydrogen-bond donors (Lipinski definition) is 2. The van der Waals surface area contributed by atoms with Crippen molar-refractivity contribution >= 4 is 27.8 Å². The van der Waals surface area contributed by atoms with Crippen molar-refractivity contribution < 1.29 is 19.8 Å². The SMILES string of the molecule is O=C(O)CC1CCN(C(=O)c2ccc(Br)c(O)c2)C1. The molecule has 5 nitrogen and oxygen atoms in total. The summed E-state index contributed by atoms with van der Waals surface area (Å²) in [6, 6.07) is 4.67. The summed E-state index contributed by atoms with van der Waals surface area (Å²) in [5.74, 6) is -0.964. The van der Waals surface area contributed by atoms with Crippen molar-refractivity contribution in [1.82, 2.24) is 4.90 Å². The van der Waals surface area contributed by atoms with E-state index in [-0.39, 0.29) is 24.0 Å². The molecule has 102 valence electrons. The molecule has 1 fully saturated rings. The summed E-state index contributed by atoms with van der Waals surface area (Å²) in [6.45, 7) is 1.02. The number of amides is 1. The van der Waals surface area contributed by atoms with E-state index in [1.165, 1.54) is 6.07 Å². The number of phenolic OH excluding ortho intramolecular Hbond substituents is 1. The van der Waals surface area contributed by atoms with Crippen LogP contribution in [0.15, 0.2) is 22.7 Å². The summed E-state index contributed by atoms with van der Waals surface area (Å²) in [5.41, 5.74) is 0.414. The molecule has 1 amide bonds. The number of phenols is 1. The molecule has 0 saturated carbocycles. The van der Waals surface area contributed by atoms with Crippen molar-refractivity contribution in [3.8, 4) is 5.75 Å². The Kier molecular flexibility index (Phi) is 4.09. The standard InChI is InChI=1S/C13H14BrNO4/c14-10-2-1-9(6-11(10)16)13(19)15-4-3-8(7-15)5-12(17)18/h1-2,6,8,16H,3-5,7H2,(H,17,18). The zero-order chi connectivity index (χ0) is 14.0. The van der Waals surface area contributed by atoms with Crippen LogP contribution in [0.4, 0.5) is 0 Å². The lowest BCUT2D eigenvalue weighted by Gasteiger charge is -2.16. The Bertz CT molecular complexity index is 517. The maximum Gasteiger partial charge on any atom is 0.303 e. The highest BCUT2D eigenvalue weighted by Crippen LogP contribution is 2.26. The summed E-state index contributed by atoms with van der Waals surface area (Å²) in [4.78, 5) is 24.5. The molecular formula is C13H14BrNO4. The Hall–Kier alpha value is -1.56. The van der Waals surface area contributed by atoms with E-state index in [4.69, 9.17) is 5.11 Å². The van der Waals surface area contributed by atoms with Gasteiger partial charge in [0.05, 0.1) is 4.47 Å². The van der Waals surface area contributed by atoms with Gasteiger partial charge in [0.2, 0.25) is 0 Å². The molecule has 0 spiro atoms. The summed E-state index contributed by atoms with van der Waals surface area (Å²) in [5, 5.41) is 18.3. The van der Waals surface area contributed by atoms with Crippen LogP contribution in [0.1, 0.15) is 23.2 Å². The number of rotatable bonds is 3. The first-order valence-electron chi connectivity index (χ1n) is 5.97. The molecule has 2 N–H and O–H groups in total. The highest BCUT2D eigenvalue weighted by Gasteiger charge is 2.28. The van der Waals surface area contributed by atoms with Gasteiger partial charge in [0.15, 0.2) is 0 Å². The molecule has 1 atom stereocenters.